The molecule has 4 fully saturated rings. The van der Waals surface area contributed by atoms with Crippen LogP contribution in [0, 0.1) is 6.92 Å². The molecule has 6 aliphatic rings. The van der Waals surface area contributed by atoms with Gasteiger partial charge in [0.1, 0.15) is 57.1 Å². The van der Waals surface area contributed by atoms with Gasteiger partial charge in [-0.05, 0) is 112 Å². The van der Waals surface area contributed by atoms with E-state index in [4.69, 9.17) is 33.6 Å². The molecule has 0 unspecified atom stereocenters. The van der Waals surface area contributed by atoms with Gasteiger partial charge in [0.25, 0.3) is 0 Å². The van der Waals surface area contributed by atoms with Gasteiger partial charge in [0.05, 0.1) is 103 Å². The van der Waals surface area contributed by atoms with Gasteiger partial charge in [0.15, 0.2) is 5.76 Å². The first-order valence-corrected chi connectivity index (χ1v) is 43.7. The summed E-state index contributed by atoms with van der Waals surface area (Å²) in [7, 11) is -7.19. The topological polar surface area (TPSA) is 418 Å². The number of nitrogens with one attached hydrogen (secondary N) is 2. The number of aromatic amines is 2. The van der Waals surface area contributed by atoms with Crippen molar-refractivity contribution in [2.75, 3.05) is 124 Å². The van der Waals surface area contributed by atoms with Crippen LogP contribution in [-0.2, 0) is 33.1 Å². The third-order valence-corrected chi connectivity index (χ3v) is 24.8. The molecule has 0 radical (unpaired) electrons. The Morgan fingerprint density at radius 1 is 0.475 bits per heavy atom. The maximum atomic E-state index is 12.9. The molecule has 38 heteroatoms. The molecule has 4 N–H and O–H groups in total. The Hall–Kier alpha value is -12.2. The number of H-pyrrole nitrogens is 2. The molecule has 0 saturated carbocycles. The Labute approximate surface area is 706 Å². The number of rotatable bonds is 22. The number of sulfonamides is 2. The van der Waals surface area contributed by atoms with Crippen LogP contribution >= 0.6 is 0 Å². The molecule has 0 bridgehead atoms. The van der Waals surface area contributed by atoms with Crippen LogP contribution in [0.3, 0.4) is 0 Å². The lowest BCUT2D eigenvalue weighted by molar-refractivity contribution is 0.145. The quantitative estimate of drug-likeness (QED) is 0.0494. The summed E-state index contributed by atoms with van der Waals surface area (Å²) in [4.78, 5) is 68.7. The van der Waals surface area contributed by atoms with E-state index in [2.05, 4.69) is 110 Å². The van der Waals surface area contributed by atoms with Crippen LogP contribution < -0.4 is 38.5 Å². The highest BCUT2D eigenvalue weighted by Crippen LogP contribution is 2.35. The van der Waals surface area contributed by atoms with Crippen molar-refractivity contribution in [2.24, 2.45) is 9.98 Å². The highest BCUT2D eigenvalue weighted by Gasteiger charge is 2.34. The number of hydrogen-bond acceptors (Lipinski definition) is 32. The zero-order valence-corrected chi connectivity index (χ0v) is 71.1. The first-order chi connectivity index (χ1) is 59.0. The molecular weight excluding hydrogens is 1600 g/mol. The van der Waals surface area contributed by atoms with Crippen molar-refractivity contribution in [1.82, 2.24) is 93.9 Å². The molecule has 0 atom stereocenters. The van der Waals surface area contributed by atoms with E-state index in [1.807, 2.05) is 128 Å². The number of nitrogens with zero attached hydrogens (tertiary/aromatic N) is 23. The van der Waals surface area contributed by atoms with Crippen LogP contribution in [0.15, 0.2) is 166 Å². The van der Waals surface area contributed by atoms with Gasteiger partial charge in [0, 0.05) is 216 Å². The molecule has 4 saturated heterocycles. The molecule has 0 aliphatic carbocycles. The second-order valence-corrected chi connectivity index (χ2v) is 34.8. The zero-order chi connectivity index (χ0) is 85.2. The summed E-state index contributed by atoms with van der Waals surface area (Å²) in [6.45, 7) is 28.2. The Morgan fingerprint density at radius 2 is 0.910 bits per heavy atom. The summed E-state index contributed by atoms with van der Waals surface area (Å²) in [6, 6.07) is 22.6. The normalized spacial score (nSPS) is 16.1. The highest BCUT2D eigenvalue weighted by molar-refractivity contribution is 7.89. The van der Waals surface area contributed by atoms with Gasteiger partial charge in [-0.1, -0.05) is 5.16 Å². The predicted octanol–water partition coefficient (Wildman–Crippen LogP) is 8.42. The molecule has 12 aromatic rings. The second-order valence-electron chi connectivity index (χ2n) is 31.0. The molecule has 12 aromatic heterocycles. The number of aliphatic imine (C=N–C) groups is 2. The van der Waals surface area contributed by atoms with Gasteiger partial charge >= 0.3 is 0 Å². The van der Waals surface area contributed by atoms with Gasteiger partial charge in [-0.25, -0.2) is 66.7 Å². The summed E-state index contributed by atoms with van der Waals surface area (Å²) in [6.07, 6.45) is 19.5. The van der Waals surface area contributed by atoms with Crippen LogP contribution in [0.25, 0.3) is 44.3 Å². The minimum Gasteiger partial charge on any atom is -0.475 e. The van der Waals surface area contributed by atoms with E-state index >= 15 is 0 Å². The van der Waals surface area contributed by atoms with E-state index in [-0.39, 0.29) is 46.9 Å². The van der Waals surface area contributed by atoms with Crippen LogP contribution in [0.2, 0.25) is 0 Å². The fourth-order valence-corrected chi connectivity index (χ4v) is 17.8. The molecular formula is C84H99N25O11S2. The first kappa shape index (κ1) is 84.8. The third-order valence-electron chi connectivity index (χ3n) is 21.0. The van der Waals surface area contributed by atoms with E-state index in [0.717, 1.165) is 171 Å². The monoisotopic (exact) mass is 1700 g/mol. The van der Waals surface area contributed by atoms with Crippen LogP contribution in [-0.4, -0.2) is 268 Å². The molecule has 18 rings (SSSR count). The Balaban J connectivity index is 0.000000127. The zero-order valence-electron chi connectivity index (χ0n) is 69.5. The minimum atomic E-state index is -3.64. The summed E-state index contributed by atoms with van der Waals surface area (Å²) >= 11 is 0. The summed E-state index contributed by atoms with van der Waals surface area (Å²) < 4.78 is 82.4. The van der Waals surface area contributed by atoms with E-state index in [1.54, 1.807) is 62.7 Å². The number of aromatic nitrogens is 16. The van der Waals surface area contributed by atoms with E-state index < -0.39 is 20.0 Å². The van der Waals surface area contributed by atoms with Gasteiger partial charge < -0.3 is 53.3 Å². The van der Waals surface area contributed by atoms with Crippen molar-refractivity contribution >= 4 is 76.5 Å². The average Bonchev–Trinajstić information content (AvgIpc) is 1.54. The Kier molecular flexibility index (Phi) is 26.3. The highest BCUT2D eigenvalue weighted by atomic mass is 32.2. The van der Waals surface area contributed by atoms with Crippen molar-refractivity contribution < 1.29 is 50.5 Å². The standard InChI is InChI=1S/C23H25N7O3S.C22H25N7O4S.C20H26N6O2.C19H23N5O2/c1-16(2)33-22-13-19-20(15-26-22)27-28-23(19)17-5-7-25-21(12-17)29-8-10-30(11-9-29)34(31,32)18-4-3-6-24-14-18;1-14(2)32-21-11-17-18(12-24-21)26-27-22(17)16-4-5-23-20(10-16)28-6-8-29(9-7-28)34(30,31)19-13-25-33-15(19)3;1-14(2)28-19-9-16-15(11-21-19)12-22-20(16)17-10-18(24-13-23-17)26-5-3-25(4-6-26)7-8-27;1-12(2)26-18-7-15-13(9-20-18)10-21-19(15)16-8-17(23-11-22-16)24-5-3-14(25)4-6-24/h3-7,12-16H,8-11H2,1-2H3,(H,27,28);4-5,10-14H,6-9H2,1-3H3,(H,26,27);9-11,13-14,27H,3-8,12H2,1-2H3;7-9,11-12,14,25H,3-6,10H2,1-2H3. The van der Waals surface area contributed by atoms with E-state index in [0.29, 0.717) is 94.7 Å². The average molecular weight is 1700 g/mol. The van der Waals surface area contributed by atoms with E-state index in [9.17, 15) is 21.9 Å². The van der Waals surface area contributed by atoms with Crippen molar-refractivity contribution in [3.63, 3.8) is 0 Å². The lowest BCUT2D eigenvalue weighted by Crippen LogP contribution is -2.49. The number of β-amino-alcohol motifs (C(OH)–C–C–N with tert-alkyl or cyclic N) is 1. The molecule has 0 amide bonds. The van der Waals surface area contributed by atoms with Crippen molar-refractivity contribution in [1.29, 1.82) is 0 Å². The van der Waals surface area contributed by atoms with Gasteiger partial charge in [-0.15, -0.1) is 0 Å². The molecule has 0 aromatic carbocycles. The smallest absolute Gasteiger partial charge is 0.248 e. The number of fused-ring (bicyclic) bond motifs is 4. The van der Waals surface area contributed by atoms with Gasteiger partial charge in [0.2, 0.25) is 43.6 Å². The predicted molar refractivity (Wildman–Crippen MR) is 459 cm³/mol. The SMILES string of the molecule is CC(C)Oc1cc2c(-c3ccnc(N4CCN(S(=O)(=O)c5cccnc5)CC4)c3)n[nH]c2cn1.CC(C)Oc1cc2c(cn1)CN=C2c1cc(N2CCC(O)CC2)ncn1.CC(C)Oc1cc2c(cn1)CN=C2c1cc(N2CCN(CCO)CC2)ncn1.Cc1oncc1S(=O)(=O)N1CCN(c2cc(-c3n[nH]c4cnc(OC(C)C)cc34)ccn2)CC1. The van der Waals surface area contributed by atoms with Crippen LogP contribution in [0.4, 0.5) is 23.3 Å². The molecule has 638 valence electrons. The Morgan fingerprint density at radius 3 is 1.34 bits per heavy atom. The number of piperidine rings is 1. The van der Waals surface area contributed by atoms with Crippen molar-refractivity contribution in [2.45, 2.75) is 129 Å². The molecule has 122 heavy (non-hydrogen) atoms. The fraction of sp³-hybridized carbons (Fsp3) is 0.405. The van der Waals surface area contributed by atoms with Crippen LogP contribution in [0.1, 0.15) is 108 Å². The van der Waals surface area contributed by atoms with Gasteiger partial charge in [-0.2, -0.15) is 18.8 Å². The molecule has 36 nitrogen and oxygen atoms in total. The maximum absolute atomic E-state index is 12.9. The number of hydrogen-bond donors (Lipinski definition) is 4. The van der Waals surface area contributed by atoms with Crippen molar-refractivity contribution in [3.05, 3.63) is 181 Å². The maximum Gasteiger partial charge on any atom is 0.248 e. The number of piperazine rings is 3. The van der Waals surface area contributed by atoms with E-state index in [1.165, 1.54) is 21.0 Å². The minimum absolute atomic E-state index is 0.0176. The number of aryl methyl sites for hydroxylation is 1. The largest absolute Gasteiger partial charge is 0.475 e. The molecule has 6 aliphatic heterocycles. The lowest BCUT2D eigenvalue weighted by atomic mass is 10.1. The summed E-state index contributed by atoms with van der Waals surface area (Å²) in [5.74, 6) is 5.93. The first-order valence-electron chi connectivity index (χ1n) is 40.8. The van der Waals surface area contributed by atoms with Crippen molar-refractivity contribution in [3.8, 4) is 46.0 Å². The number of anilines is 4. The number of aliphatic hydroxyl groups is 2. The summed E-state index contributed by atoms with van der Waals surface area (Å²) in [5.41, 5.74) is 12.6. The molecule has 18 heterocycles. The third kappa shape index (κ3) is 19.9. The summed E-state index contributed by atoms with van der Waals surface area (Å²) in [5, 5.41) is 39.2. The number of pyridine rings is 7. The lowest BCUT2D eigenvalue weighted by Gasteiger charge is -2.35. The Bertz CT molecular complexity index is 5920. The van der Waals surface area contributed by atoms with Gasteiger partial charge in [-0.3, -0.25) is 30.1 Å². The number of ether oxygens (including phenoxy) is 4. The van der Waals surface area contributed by atoms with Crippen LogP contribution in [0.5, 0.6) is 23.5 Å². The second kappa shape index (κ2) is 37.8. The number of aliphatic hydroxyl groups excluding tert-OH is 2. The molecule has 0 spiro atoms. The fourth-order valence-electron chi connectivity index (χ4n) is 14.9.